The summed E-state index contributed by atoms with van der Waals surface area (Å²) in [5.74, 6) is 1.97. The van der Waals surface area contributed by atoms with Crippen LogP contribution in [0.3, 0.4) is 0 Å². The Morgan fingerprint density at radius 1 is 1.07 bits per heavy atom. The lowest BCUT2D eigenvalue weighted by Crippen LogP contribution is -1.82. The molecule has 1 nitrogen and oxygen atoms in total. The van der Waals surface area contributed by atoms with Gasteiger partial charge in [0.1, 0.15) is 0 Å². The molecule has 0 aliphatic rings. The predicted molar refractivity (Wildman–Crippen MR) is 73.1 cm³/mol. The van der Waals surface area contributed by atoms with Crippen LogP contribution >= 0.6 is 39.9 Å². The number of hydrogen-bond donors (Lipinski definition) is 0. The quantitative estimate of drug-likeness (QED) is 0.316. The summed E-state index contributed by atoms with van der Waals surface area (Å²) < 4.78 is 12.1. The van der Waals surface area contributed by atoms with Crippen molar-refractivity contribution in [3.63, 3.8) is 0 Å². The molecule has 0 aromatic carbocycles. The van der Waals surface area contributed by atoms with Crippen LogP contribution in [-0.2, 0) is 4.57 Å². The average molecular weight is 275 g/mol. The van der Waals surface area contributed by atoms with Gasteiger partial charge in [0.2, 0.25) is 5.55 Å². The molecule has 0 amide bonds. The molecule has 0 atom stereocenters. The maximum atomic E-state index is 12.1. The van der Waals surface area contributed by atoms with Crippen molar-refractivity contribution in [1.29, 1.82) is 0 Å². The Morgan fingerprint density at radius 2 is 1.50 bits per heavy atom. The van der Waals surface area contributed by atoms with Gasteiger partial charge in [0.25, 0.3) is 0 Å². The van der Waals surface area contributed by atoms with Gasteiger partial charge in [-0.25, -0.2) is 0 Å². The normalized spacial score (nSPS) is 11.9. The van der Waals surface area contributed by atoms with Crippen LogP contribution in [0.15, 0.2) is 0 Å². The molecule has 0 heterocycles. The van der Waals surface area contributed by atoms with Crippen molar-refractivity contribution in [2.45, 2.75) is 39.5 Å². The molecule has 0 bridgehead atoms. The van der Waals surface area contributed by atoms with Crippen LogP contribution in [0.25, 0.3) is 0 Å². The van der Waals surface area contributed by atoms with Crippen molar-refractivity contribution < 1.29 is 4.57 Å². The van der Waals surface area contributed by atoms with E-state index in [0.717, 1.165) is 37.2 Å². The summed E-state index contributed by atoms with van der Waals surface area (Å²) in [6, 6.07) is 0. The van der Waals surface area contributed by atoms with Gasteiger partial charge in [-0.2, -0.15) is 0 Å². The van der Waals surface area contributed by atoms with Gasteiger partial charge in [-0.05, 0) is 12.8 Å². The minimum Gasteiger partial charge on any atom is -0.299 e. The summed E-state index contributed by atoms with van der Waals surface area (Å²) in [5.41, 5.74) is -1.85. The lowest BCUT2D eigenvalue weighted by molar-refractivity contribution is 0.596. The fourth-order valence-corrected chi connectivity index (χ4v) is 8.74. The molecule has 0 aromatic rings. The van der Waals surface area contributed by atoms with E-state index in [0.29, 0.717) is 5.62 Å². The van der Waals surface area contributed by atoms with E-state index in [1.807, 2.05) is 0 Å². The molecule has 5 heteroatoms. The summed E-state index contributed by atoms with van der Waals surface area (Å²) in [5, 5.41) is 0. The monoisotopic (exact) mass is 274 g/mol. The fourth-order valence-electron chi connectivity index (χ4n) is 0.802. The van der Waals surface area contributed by atoms with Gasteiger partial charge in [-0.3, -0.25) is 4.57 Å². The lowest BCUT2D eigenvalue weighted by atomic mass is 10.4. The van der Waals surface area contributed by atoms with Gasteiger partial charge in [0.05, 0.1) is 5.62 Å². The second-order valence-electron chi connectivity index (χ2n) is 3.10. The largest absolute Gasteiger partial charge is 0.299 e. The van der Waals surface area contributed by atoms with Crippen LogP contribution in [0, 0.1) is 0 Å². The third-order valence-electron chi connectivity index (χ3n) is 1.72. The molecule has 0 spiro atoms. The molecule has 0 aliphatic heterocycles. The average Bonchev–Trinajstić information content (AvgIpc) is 2.19. The van der Waals surface area contributed by atoms with Crippen molar-refractivity contribution in [3.8, 4) is 0 Å². The van der Waals surface area contributed by atoms with Crippen LogP contribution in [0.1, 0.15) is 39.5 Å². The first-order chi connectivity index (χ1) is 6.68. The zero-order valence-corrected chi connectivity index (χ0v) is 12.3. The van der Waals surface area contributed by atoms with Crippen LogP contribution < -0.4 is 0 Å². The lowest BCUT2D eigenvalue weighted by Gasteiger charge is -2.13. The highest BCUT2D eigenvalue weighted by Gasteiger charge is 2.21. The maximum Gasteiger partial charge on any atom is 0.205 e. The highest BCUT2D eigenvalue weighted by molar-refractivity contribution is 8.90. The summed E-state index contributed by atoms with van der Waals surface area (Å²) in [6.07, 6.45) is 4.60. The van der Waals surface area contributed by atoms with Crippen LogP contribution in [0.2, 0.25) is 0 Å². The van der Waals surface area contributed by atoms with E-state index in [1.165, 1.54) is 0 Å². The Balaban J connectivity index is 3.74. The van der Waals surface area contributed by atoms with E-state index >= 15 is 0 Å². The van der Waals surface area contributed by atoms with E-state index in [-0.39, 0.29) is 0 Å². The van der Waals surface area contributed by atoms with Gasteiger partial charge < -0.3 is 0 Å². The van der Waals surface area contributed by atoms with Crippen molar-refractivity contribution >= 4 is 39.9 Å². The Hall–Kier alpha value is 1.22. The molecule has 0 N–H and O–H groups in total. The van der Waals surface area contributed by atoms with Crippen LogP contribution in [0.4, 0.5) is 0 Å². The maximum absolute atomic E-state index is 12.1. The standard InChI is InChI=1S/C9H20ClOPS2/c1-3-5-7-13-12(11,9-10)14-8-6-4-2/h3-9H2,1-2H3. The SMILES string of the molecule is CCCCSP(=O)(CCl)SCCCC. The molecule has 14 heavy (non-hydrogen) atoms. The molecule has 0 unspecified atom stereocenters. The summed E-state index contributed by atoms with van der Waals surface area (Å²) in [4.78, 5) is 0. The van der Waals surface area contributed by atoms with Crippen molar-refractivity contribution in [2.75, 3.05) is 17.1 Å². The molecular formula is C9H20ClOPS2. The van der Waals surface area contributed by atoms with Crippen molar-refractivity contribution in [1.82, 2.24) is 0 Å². The van der Waals surface area contributed by atoms with Crippen LogP contribution in [-0.4, -0.2) is 17.1 Å². The minimum absolute atomic E-state index is 0.315. The Kier molecular flexibility index (Phi) is 10.3. The number of rotatable bonds is 9. The third kappa shape index (κ3) is 7.50. The number of alkyl halides is 1. The smallest absolute Gasteiger partial charge is 0.205 e. The second-order valence-corrected chi connectivity index (χ2v) is 12.4. The third-order valence-corrected chi connectivity index (χ3v) is 11.7. The fraction of sp³-hybridized carbons (Fsp3) is 1.00. The molecule has 86 valence electrons. The number of unbranched alkanes of at least 4 members (excludes halogenated alkanes) is 2. The molecule has 0 saturated carbocycles. The summed E-state index contributed by atoms with van der Waals surface area (Å²) in [7, 11) is 0. The Bertz CT molecular complexity index is 164. The van der Waals surface area contributed by atoms with Crippen LogP contribution in [0.5, 0.6) is 0 Å². The van der Waals surface area contributed by atoms with Gasteiger partial charge in [0.15, 0.2) is 0 Å². The molecule has 0 radical (unpaired) electrons. The minimum atomic E-state index is -2.16. The molecule has 0 fully saturated rings. The van der Waals surface area contributed by atoms with E-state index in [4.69, 9.17) is 11.6 Å². The Morgan fingerprint density at radius 3 is 1.79 bits per heavy atom. The second kappa shape index (κ2) is 9.45. The first kappa shape index (κ1) is 15.2. The van der Waals surface area contributed by atoms with Crippen molar-refractivity contribution in [3.05, 3.63) is 0 Å². The molecule has 0 aliphatic carbocycles. The highest BCUT2D eigenvalue weighted by atomic mass is 35.5. The van der Waals surface area contributed by atoms with E-state index < -0.39 is 5.55 Å². The molecule has 0 saturated heterocycles. The van der Waals surface area contributed by atoms with Gasteiger partial charge in [-0.1, -0.05) is 49.5 Å². The Labute approximate surface area is 101 Å². The van der Waals surface area contributed by atoms with Crippen molar-refractivity contribution in [2.24, 2.45) is 0 Å². The number of hydrogen-bond acceptors (Lipinski definition) is 3. The molecule has 0 rings (SSSR count). The zero-order chi connectivity index (χ0) is 10.9. The van der Waals surface area contributed by atoms with Gasteiger partial charge in [0, 0.05) is 11.5 Å². The summed E-state index contributed by atoms with van der Waals surface area (Å²) in [6.45, 7) is 4.30. The summed E-state index contributed by atoms with van der Waals surface area (Å²) >= 11 is 8.93. The predicted octanol–water partition coefficient (Wildman–Crippen LogP) is 5.44. The number of halogens is 1. The van der Waals surface area contributed by atoms with Gasteiger partial charge in [-0.15, -0.1) is 11.6 Å². The molecular weight excluding hydrogens is 255 g/mol. The van der Waals surface area contributed by atoms with E-state index in [9.17, 15) is 4.57 Å². The van der Waals surface area contributed by atoms with E-state index in [1.54, 1.807) is 22.8 Å². The molecule has 0 aromatic heterocycles. The first-order valence-electron chi connectivity index (χ1n) is 5.12. The first-order valence-corrected chi connectivity index (χ1v) is 10.7. The topological polar surface area (TPSA) is 17.1 Å². The van der Waals surface area contributed by atoms with E-state index in [2.05, 4.69) is 13.8 Å². The zero-order valence-electron chi connectivity index (χ0n) is 9.00. The highest BCUT2D eigenvalue weighted by Crippen LogP contribution is 2.69. The van der Waals surface area contributed by atoms with Gasteiger partial charge >= 0.3 is 0 Å².